The summed E-state index contributed by atoms with van der Waals surface area (Å²) < 4.78 is 34.8. The minimum absolute atomic E-state index is 0.322. The highest BCUT2D eigenvalue weighted by molar-refractivity contribution is 5.88. The van der Waals surface area contributed by atoms with Crippen LogP contribution in [0.5, 0.6) is 5.75 Å². The molecule has 0 aliphatic carbocycles. The second-order valence-electron chi connectivity index (χ2n) is 6.96. The molecular weight excluding hydrogens is 354 g/mol. The van der Waals surface area contributed by atoms with Crippen LogP contribution in [0.4, 0.5) is 8.78 Å². The van der Waals surface area contributed by atoms with Crippen LogP contribution in [0.1, 0.15) is 38.7 Å². The first-order valence-corrected chi connectivity index (χ1v) is 9.89. The SMILES string of the molecule is CC=CCOc1ccc(-c2ccc3cc(CCCCC)c(F)c(F)c3c2)cc1. The van der Waals surface area contributed by atoms with E-state index in [1.54, 1.807) is 12.1 Å². The third-order valence-electron chi connectivity index (χ3n) is 4.91. The lowest BCUT2D eigenvalue weighted by molar-refractivity contribution is 0.363. The Kier molecular flexibility index (Phi) is 6.80. The van der Waals surface area contributed by atoms with Gasteiger partial charge in [0.05, 0.1) is 0 Å². The van der Waals surface area contributed by atoms with E-state index in [2.05, 4.69) is 6.92 Å². The van der Waals surface area contributed by atoms with Crippen LogP contribution < -0.4 is 4.74 Å². The molecule has 3 rings (SSSR count). The van der Waals surface area contributed by atoms with Gasteiger partial charge >= 0.3 is 0 Å². The lowest BCUT2D eigenvalue weighted by Gasteiger charge is -2.10. The molecule has 0 saturated carbocycles. The topological polar surface area (TPSA) is 9.23 Å². The summed E-state index contributed by atoms with van der Waals surface area (Å²) in [6, 6.07) is 15.0. The number of hydrogen-bond acceptors (Lipinski definition) is 1. The molecule has 28 heavy (non-hydrogen) atoms. The second kappa shape index (κ2) is 9.50. The summed E-state index contributed by atoms with van der Waals surface area (Å²) in [4.78, 5) is 0. The van der Waals surface area contributed by atoms with Gasteiger partial charge in [0.15, 0.2) is 11.6 Å². The van der Waals surface area contributed by atoms with Crippen LogP contribution in [0, 0.1) is 11.6 Å². The molecule has 0 bridgehead atoms. The smallest absolute Gasteiger partial charge is 0.166 e. The maximum absolute atomic E-state index is 14.7. The van der Waals surface area contributed by atoms with E-state index in [-0.39, 0.29) is 0 Å². The second-order valence-corrected chi connectivity index (χ2v) is 6.96. The molecule has 3 heteroatoms. The number of rotatable bonds is 8. The van der Waals surface area contributed by atoms with Crippen molar-refractivity contribution in [2.45, 2.75) is 39.5 Å². The number of hydrogen-bond donors (Lipinski definition) is 0. The highest BCUT2D eigenvalue weighted by atomic mass is 19.2. The third kappa shape index (κ3) is 4.59. The summed E-state index contributed by atoms with van der Waals surface area (Å²) in [6.07, 6.45) is 7.39. The lowest BCUT2D eigenvalue weighted by atomic mass is 9.97. The van der Waals surface area contributed by atoms with Crippen LogP contribution in [0.2, 0.25) is 0 Å². The van der Waals surface area contributed by atoms with E-state index < -0.39 is 11.6 Å². The van der Waals surface area contributed by atoms with Gasteiger partial charge in [-0.05, 0) is 66.1 Å². The zero-order valence-electron chi connectivity index (χ0n) is 16.5. The number of unbranched alkanes of at least 4 members (excludes halogenated alkanes) is 2. The molecule has 3 aromatic rings. The van der Waals surface area contributed by atoms with E-state index in [0.717, 1.165) is 41.5 Å². The molecule has 0 aromatic heterocycles. The van der Waals surface area contributed by atoms with Gasteiger partial charge in [0.1, 0.15) is 12.4 Å². The molecule has 0 unspecified atom stereocenters. The summed E-state index contributed by atoms with van der Waals surface area (Å²) in [7, 11) is 0. The minimum atomic E-state index is -0.753. The molecule has 1 nitrogen and oxygen atoms in total. The fourth-order valence-electron chi connectivity index (χ4n) is 3.29. The van der Waals surface area contributed by atoms with Crippen LogP contribution in [-0.2, 0) is 6.42 Å². The molecule has 0 fully saturated rings. The molecule has 3 aromatic carbocycles. The standard InChI is InChI=1S/C25H26F2O/c1-3-5-7-8-21-16-20-10-9-19(17-23(20)25(27)24(21)26)18-11-13-22(14-12-18)28-15-6-4-2/h4,6,9-14,16-17H,3,5,7-8,15H2,1-2H3. The van der Waals surface area contributed by atoms with Crippen LogP contribution in [-0.4, -0.2) is 6.61 Å². The van der Waals surface area contributed by atoms with E-state index >= 15 is 0 Å². The van der Waals surface area contributed by atoms with Gasteiger partial charge in [0, 0.05) is 5.39 Å². The minimum Gasteiger partial charge on any atom is -0.490 e. The van der Waals surface area contributed by atoms with E-state index in [4.69, 9.17) is 4.74 Å². The Morgan fingerprint density at radius 2 is 1.64 bits per heavy atom. The van der Waals surface area contributed by atoms with Crippen molar-refractivity contribution in [2.24, 2.45) is 0 Å². The van der Waals surface area contributed by atoms with Crippen LogP contribution >= 0.6 is 0 Å². The van der Waals surface area contributed by atoms with Crippen LogP contribution in [0.15, 0.2) is 60.7 Å². The number of ether oxygens (including phenoxy) is 1. The Morgan fingerprint density at radius 3 is 2.36 bits per heavy atom. The largest absolute Gasteiger partial charge is 0.490 e. The lowest BCUT2D eigenvalue weighted by Crippen LogP contribution is -1.97. The first-order valence-electron chi connectivity index (χ1n) is 9.89. The van der Waals surface area contributed by atoms with Crippen molar-refractivity contribution in [2.75, 3.05) is 6.61 Å². The molecule has 0 saturated heterocycles. The summed E-state index contributed by atoms with van der Waals surface area (Å²) in [5.41, 5.74) is 2.26. The first-order chi connectivity index (χ1) is 13.6. The Morgan fingerprint density at radius 1 is 0.893 bits per heavy atom. The van der Waals surface area contributed by atoms with Gasteiger partial charge in [-0.1, -0.05) is 56.2 Å². The van der Waals surface area contributed by atoms with Crippen molar-refractivity contribution in [3.63, 3.8) is 0 Å². The summed E-state index contributed by atoms with van der Waals surface area (Å²) in [5, 5.41) is 1.06. The molecular formula is C25H26F2O. The van der Waals surface area contributed by atoms with E-state index in [1.165, 1.54) is 0 Å². The molecule has 0 aliphatic rings. The maximum atomic E-state index is 14.7. The first kappa shape index (κ1) is 20.1. The number of benzene rings is 3. The van der Waals surface area contributed by atoms with Crippen molar-refractivity contribution in [3.8, 4) is 16.9 Å². The predicted octanol–water partition coefficient (Wildman–Crippen LogP) is 7.47. The molecule has 0 amide bonds. The van der Waals surface area contributed by atoms with Crippen molar-refractivity contribution in [1.29, 1.82) is 0 Å². The van der Waals surface area contributed by atoms with Gasteiger partial charge in [-0.2, -0.15) is 0 Å². The molecule has 0 N–H and O–H groups in total. The average Bonchev–Trinajstić information content (AvgIpc) is 2.72. The Bertz CT molecular complexity index is 958. The van der Waals surface area contributed by atoms with Gasteiger partial charge in [-0.3, -0.25) is 0 Å². The highest BCUT2D eigenvalue weighted by Gasteiger charge is 2.14. The van der Waals surface area contributed by atoms with Crippen LogP contribution in [0.3, 0.4) is 0 Å². The molecule has 0 heterocycles. The fraction of sp³-hybridized carbons (Fsp3) is 0.280. The van der Waals surface area contributed by atoms with Crippen molar-refractivity contribution < 1.29 is 13.5 Å². The van der Waals surface area contributed by atoms with Crippen molar-refractivity contribution >= 4 is 10.8 Å². The molecule has 0 atom stereocenters. The van der Waals surface area contributed by atoms with Crippen molar-refractivity contribution in [1.82, 2.24) is 0 Å². The zero-order chi connectivity index (χ0) is 19.9. The Labute approximate surface area is 165 Å². The molecule has 0 aliphatic heterocycles. The highest BCUT2D eigenvalue weighted by Crippen LogP contribution is 2.30. The Hall–Kier alpha value is -2.68. The normalized spacial score (nSPS) is 11.4. The maximum Gasteiger partial charge on any atom is 0.166 e. The third-order valence-corrected chi connectivity index (χ3v) is 4.91. The summed E-state index contributed by atoms with van der Waals surface area (Å²) in [5.74, 6) is -0.692. The van der Waals surface area contributed by atoms with Gasteiger partial charge < -0.3 is 4.74 Å². The summed E-state index contributed by atoms with van der Waals surface area (Å²) >= 11 is 0. The number of halogens is 2. The average molecular weight is 380 g/mol. The number of fused-ring (bicyclic) bond motifs is 1. The molecule has 146 valence electrons. The van der Waals surface area contributed by atoms with E-state index in [1.807, 2.05) is 55.5 Å². The van der Waals surface area contributed by atoms with Gasteiger partial charge in [0.25, 0.3) is 0 Å². The molecule has 0 radical (unpaired) electrons. The number of allylic oxidation sites excluding steroid dienone is 1. The summed E-state index contributed by atoms with van der Waals surface area (Å²) in [6.45, 7) is 4.57. The predicted molar refractivity (Wildman–Crippen MR) is 113 cm³/mol. The fourth-order valence-corrected chi connectivity index (χ4v) is 3.29. The zero-order valence-corrected chi connectivity index (χ0v) is 16.5. The van der Waals surface area contributed by atoms with Gasteiger partial charge in [0.2, 0.25) is 0 Å². The quantitative estimate of drug-likeness (QED) is 0.291. The number of aryl methyl sites for hydroxylation is 1. The van der Waals surface area contributed by atoms with E-state index in [9.17, 15) is 8.78 Å². The monoisotopic (exact) mass is 380 g/mol. The molecule has 0 spiro atoms. The van der Waals surface area contributed by atoms with Crippen LogP contribution in [0.25, 0.3) is 21.9 Å². The van der Waals surface area contributed by atoms with Crippen molar-refractivity contribution in [3.05, 3.63) is 77.9 Å². The van der Waals surface area contributed by atoms with Gasteiger partial charge in [-0.25, -0.2) is 8.78 Å². The Balaban J connectivity index is 1.87. The van der Waals surface area contributed by atoms with E-state index in [0.29, 0.717) is 24.0 Å². The van der Waals surface area contributed by atoms with Gasteiger partial charge in [-0.15, -0.1) is 0 Å².